The Hall–Kier alpha value is -2.67. The van der Waals surface area contributed by atoms with Gasteiger partial charge < -0.3 is 14.6 Å². The minimum absolute atomic E-state index is 0.00921. The van der Waals surface area contributed by atoms with Gasteiger partial charge in [0.15, 0.2) is 0 Å². The molecule has 2 heterocycles. The zero-order valence-corrected chi connectivity index (χ0v) is 16.1. The first-order valence-electron chi connectivity index (χ1n) is 8.99. The van der Waals surface area contributed by atoms with E-state index < -0.39 is 0 Å². The number of methoxy groups -OCH3 is 1. The minimum Gasteiger partial charge on any atom is -0.497 e. The monoisotopic (exact) mass is 383 g/mol. The van der Waals surface area contributed by atoms with E-state index in [-0.39, 0.29) is 5.91 Å². The third-order valence-corrected chi connectivity index (χ3v) is 5.63. The summed E-state index contributed by atoms with van der Waals surface area (Å²) in [6.07, 6.45) is 3.35. The van der Waals surface area contributed by atoms with E-state index in [0.717, 1.165) is 45.5 Å². The van der Waals surface area contributed by atoms with Crippen molar-refractivity contribution in [3.8, 4) is 16.5 Å². The van der Waals surface area contributed by atoms with Gasteiger partial charge in [-0.25, -0.2) is 0 Å². The van der Waals surface area contributed by atoms with E-state index in [1.807, 2.05) is 37.3 Å². The van der Waals surface area contributed by atoms with Gasteiger partial charge in [0, 0.05) is 17.2 Å². The van der Waals surface area contributed by atoms with Crippen molar-refractivity contribution in [2.24, 2.45) is 0 Å². The second kappa shape index (κ2) is 7.52. The molecule has 0 spiro atoms. The highest BCUT2D eigenvalue weighted by Crippen LogP contribution is 2.40. The van der Waals surface area contributed by atoms with E-state index >= 15 is 0 Å². The second-order valence-electron chi connectivity index (χ2n) is 6.71. The number of nitrogens with zero attached hydrogens (tertiary/aromatic N) is 2. The molecule has 0 atom stereocenters. The first kappa shape index (κ1) is 17.7. The van der Waals surface area contributed by atoms with Crippen LogP contribution in [0.25, 0.3) is 10.7 Å². The molecule has 0 saturated heterocycles. The predicted octanol–water partition coefficient (Wildman–Crippen LogP) is 4.56. The van der Waals surface area contributed by atoms with Crippen LogP contribution in [0.1, 0.15) is 41.5 Å². The number of nitrogens with one attached hydrogen (secondary N) is 1. The Kier molecular flexibility index (Phi) is 4.94. The molecule has 6 nitrogen and oxygen atoms in total. The number of hydrogen-bond donors (Lipinski definition) is 1. The zero-order chi connectivity index (χ0) is 18.8. The quantitative estimate of drug-likeness (QED) is 0.647. The maximum Gasteiger partial charge on any atom is 0.230 e. The van der Waals surface area contributed by atoms with Crippen LogP contribution in [0.5, 0.6) is 5.75 Å². The van der Waals surface area contributed by atoms with Crippen molar-refractivity contribution in [3.05, 3.63) is 46.7 Å². The number of rotatable bonds is 7. The number of thiophene rings is 1. The molecule has 27 heavy (non-hydrogen) atoms. The number of carbonyl (C=O) groups is 1. The molecule has 0 aliphatic heterocycles. The van der Waals surface area contributed by atoms with E-state index in [1.165, 1.54) is 0 Å². The van der Waals surface area contributed by atoms with E-state index in [9.17, 15) is 4.79 Å². The number of carbonyl (C=O) groups excluding carboxylic acids is 1. The lowest BCUT2D eigenvalue weighted by Gasteiger charge is -2.05. The summed E-state index contributed by atoms with van der Waals surface area (Å²) in [5.74, 6) is 2.57. The molecule has 1 amide bonds. The Morgan fingerprint density at radius 3 is 2.81 bits per heavy atom. The first-order chi connectivity index (χ1) is 13.1. The third-order valence-electron chi connectivity index (χ3n) is 4.58. The molecule has 3 aromatic rings. The number of hydrogen-bond acceptors (Lipinski definition) is 6. The van der Waals surface area contributed by atoms with Crippen molar-refractivity contribution in [2.75, 3.05) is 12.4 Å². The molecule has 0 unspecified atom stereocenters. The standard InChI is InChI=1S/C20H21N3O3S/c1-12-16(11-17(27-12)19-22-20(26-23-19)14-6-7-14)21-18(24)10-5-13-3-8-15(25-2)9-4-13/h3-4,8-9,11,14H,5-7,10H2,1-2H3,(H,21,24). The molecule has 4 rings (SSSR count). The van der Waals surface area contributed by atoms with Gasteiger partial charge in [-0.1, -0.05) is 17.3 Å². The number of aromatic nitrogens is 2. The maximum atomic E-state index is 12.3. The fraction of sp³-hybridized carbons (Fsp3) is 0.350. The smallest absolute Gasteiger partial charge is 0.230 e. The maximum absolute atomic E-state index is 12.3. The lowest BCUT2D eigenvalue weighted by atomic mass is 10.1. The Bertz CT molecular complexity index is 942. The Morgan fingerprint density at radius 1 is 1.33 bits per heavy atom. The van der Waals surface area contributed by atoms with Crippen molar-refractivity contribution < 1.29 is 14.1 Å². The molecule has 2 aromatic heterocycles. The van der Waals surface area contributed by atoms with Crippen LogP contribution in [-0.2, 0) is 11.2 Å². The summed E-state index contributed by atoms with van der Waals surface area (Å²) in [4.78, 5) is 18.7. The van der Waals surface area contributed by atoms with Gasteiger partial charge in [-0.15, -0.1) is 11.3 Å². The Labute approximate surface area is 161 Å². The minimum atomic E-state index is -0.00921. The molecular weight excluding hydrogens is 362 g/mol. The number of anilines is 1. The lowest BCUT2D eigenvalue weighted by molar-refractivity contribution is -0.116. The number of amides is 1. The average molecular weight is 383 g/mol. The molecule has 1 saturated carbocycles. The van der Waals surface area contributed by atoms with Crippen LogP contribution < -0.4 is 10.1 Å². The van der Waals surface area contributed by atoms with Gasteiger partial charge in [0.2, 0.25) is 17.6 Å². The molecule has 140 valence electrons. The Morgan fingerprint density at radius 2 is 2.11 bits per heavy atom. The van der Waals surface area contributed by atoms with Gasteiger partial charge in [0.25, 0.3) is 0 Å². The van der Waals surface area contributed by atoms with Crippen LogP contribution in [0.2, 0.25) is 0 Å². The van der Waals surface area contributed by atoms with E-state index in [2.05, 4.69) is 15.5 Å². The summed E-state index contributed by atoms with van der Waals surface area (Å²) in [5, 5.41) is 7.07. The van der Waals surface area contributed by atoms with Crippen LogP contribution in [-0.4, -0.2) is 23.2 Å². The van der Waals surface area contributed by atoms with E-state index in [0.29, 0.717) is 24.6 Å². The third kappa shape index (κ3) is 4.19. The summed E-state index contributed by atoms with van der Waals surface area (Å²) >= 11 is 1.56. The van der Waals surface area contributed by atoms with Crippen LogP contribution in [0.3, 0.4) is 0 Å². The van der Waals surface area contributed by atoms with Crippen LogP contribution in [0, 0.1) is 6.92 Å². The van der Waals surface area contributed by atoms with Gasteiger partial charge in [-0.3, -0.25) is 4.79 Å². The Balaban J connectivity index is 1.36. The molecular formula is C20H21N3O3S. The normalized spacial score (nSPS) is 13.6. The van der Waals surface area contributed by atoms with Crippen LogP contribution >= 0.6 is 11.3 Å². The fourth-order valence-electron chi connectivity index (χ4n) is 2.81. The molecule has 1 aliphatic rings. The van der Waals surface area contributed by atoms with Crippen LogP contribution in [0.15, 0.2) is 34.9 Å². The summed E-state index contributed by atoms with van der Waals surface area (Å²) < 4.78 is 10.5. The largest absolute Gasteiger partial charge is 0.497 e. The molecule has 1 aromatic carbocycles. The van der Waals surface area contributed by atoms with Crippen LogP contribution in [0.4, 0.5) is 5.69 Å². The summed E-state index contributed by atoms with van der Waals surface area (Å²) in [6.45, 7) is 1.98. The zero-order valence-electron chi connectivity index (χ0n) is 15.3. The van der Waals surface area contributed by atoms with Crippen molar-refractivity contribution >= 4 is 22.9 Å². The van der Waals surface area contributed by atoms with Gasteiger partial charge >= 0.3 is 0 Å². The molecule has 1 fully saturated rings. The molecule has 0 bridgehead atoms. The van der Waals surface area contributed by atoms with E-state index in [4.69, 9.17) is 9.26 Å². The summed E-state index contributed by atoms with van der Waals surface area (Å²) in [5.41, 5.74) is 1.92. The topological polar surface area (TPSA) is 77.2 Å². The van der Waals surface area contributed by atoms with Gasteiger partial charge in [-0.05, 0) is 49.9 Å². The van der Waals surface area contributed by atoms with Gasteiger partial charge in [0.1, 0.15) is 5.75 Å². The number of aryl methyl sites for hydroxylation is 2. The molecule has 0 radical (unpaired) electrons. The highest BCUT2D eigenvalue weighted by Gasteiger charge is 2.30. The lowest BCUT2D eigenvalue weighted by Crippen LogP contribution is -2.12. The van der Waals surface area contributed by atoms with Crippen molar-refractivity contribution in [1.82, 2.24) is 10.1 Å². The number of ether oxygens (including phenoxy) is 1. The fourth-order valence-corrected chi connectivity index (χ4v) is 3.71. The molecule has 1 N–H and O–H groups in total. The van der Waals surface area contributed by atoms with Gasteiger partial charge in [-0.2, -0.15) is 4.98 Å². The van der Waals surface area contributed by atoms with E-state index in [1.54, 1.807) is 18.4 Å². The number of benzene rings is 1. The predicted molar refractivity (Wildman–Crippen MR) is 104 cm³/mol. The summed E-state index contributed by atoms with van der Waals surface area (Å²) in [7, 11) is 1.64. The first-order valence-corrected chi connectivity index (χ1v) is 9.81. The molecule has 1 aliphatic carbocycles. The average Bonchev–Trinajstić information content (AvgIpc) is 3.30. The van der Waals surface area contributed by atoms with Crippen molar-refractivity contribution in [3.63, 3.8) is 0 Å². The highest BCUT2D eigenvalue weighted by molar-refractivity contribution is 7.16. The SMILES string of the molecule is COc1ccc(CCC(=O)Nc2cc(-c3noc(C4CC4)n3)sc2C)cc1. The van der Waals surface area contributed by atoms with Crippen molar-refractivity contribution in [1.29, 1.82) is 0 Å². The second-order valence-corrected chi connectivity index (χ2v) is 7.96. The summed E-state index contributed by atoms with van der Waals surface area (Å²) in [6, 6.07) is 9.70. The highest BCUT2D eigenvalue weighted by atomic mass is 32.1. The molecule has 7 heteroatoms. The van der Waals surface area contributed by atoms with Gasteiger partial charge in [0.05, 0.1) is 17.7 Å². The van der Waals surface area contributed by atoms with Crippen molar-refractivity contribution in [2.45, 2.75) is 38.5 Å².